The number of hydrogen-bond donors (Lipinski definition) is 1. The molecule has 1 saturated heterocycles. The Hall–Kier alpha value is -2.35. The quantitative estimate of drug-likeness (QED) is 0.769. The molecule has 1 N–H and O–H groups in total. The number of esters is 1. The van der Waals surface area contributed by atoms with Crippen LogP contribution in [0.25, 0.3) is 10.9 Å². The van der Waals surface area contributed by atoms with Crippen LogP contribution in [-0.4, -0.2) is 60.4 Å². The third kappa shape index (κ3) is 3.92. The second kappa shape index (κ2) is 7.58. The van der Waals surface area contributed by atoms with E-state index in [1.165, 1.54) is 11.8 Å². The molecule has 2 atom stereocenters. The lowest BCUT2D eigenvalue weighted by Gasteiger charge is -2.29. The normalized spacial score (nSPS) is 19.5. The van der Waals surface area contributed by atoms with Crippen LogP contribution < -0.4 is 0 Å². The maximum absolute atomic E-state index is 12.8. The fourth-order valence-electron chi connectivity index (χ4n) is 3.72. The van der Waals surface area contributed by atoms with Crippen molar-refractivity contribution in [3.05, 3.63) is 35.0 Å². The highest BCUT2D eigenvalue weighted by Gasteiger charge is 2.36. The number of amides is 1. The van der Waals surface area contributed by atoms with Gasteiger partial charge in [0.1, 0.15) is 0 Å². The largest absolute Gasteiger partial charge is 0.449 e. The highest BCUT2D eigenvalue weighted by Crippen LogP contribution is 2.23. The van der Waals surface area contributed by atoms with Crippen molar-refractivity contribution in [1.82, 2.24) is 9.88 Å². The van der Waals surface area contributed by atoms with Gasteiger partial charge in [-0.05, 0) is 57.9 Å². The standard InChI is InChI=1S/C20H26N2O5S/c1-5-22(16-8-9-28(25,26)11-16)19(23)14(4)27-20(24)15-6-7-18-17(10-15)12(2)13(3)21-18/h6-7,10,14,16,21H,5,8-9,11H2,1-4H3/t14-,16+/m1/s1. The number of carbonyl (C=O) groups excluding carboxylic acids is 2. The van der Waals surface area contributed by atoms with Gasteiger partial charge in [0.2, 0.25) is 0 Å². The minimum absolute atomic E-state index is 0.0317. The van der Waals surface area contributed by atoms with Gasteiger partial charge in [0, 0.05) is 29.2 Å². The average molecular weight is 407 g/mol. The minimum Gasteiger partial charge on any atom is -0.449 e. The molecule has 0 unspecified atom stereocenters. The van der Waals surface area contributed by atoms with Crippen molar-refractivity contribution in [3.63, 3.8) is 0 Å². The molecular weight excluding hydrogens is 380 g/mol. The zero-order valence-electron chi connectivity index (χ0n) is 16.6. The van der Waals surface area contributed by atoms with E-state index in [0.717, 1.165) is 22.2 Å². The van der Waals surface area contributed by atoms with Gasteiger partial charge in [-0.25, -0.2) is 13.2 Å². The van der Waals surface area contributed by atoms with E-state index in [-0.39, 0.29) is 23.5 Å². The molecule has 1 aromatic heterocycles. The Morgan fingerprint density at radius 2 is 2.04 bits per heavy atom. The van der Waals surface area contributed by atoms with Gasteiger partial charge in [0.25, 0.3) is 5.91 Å². The highest BCUT2D eigenvalue weighted by atomic mass is 32.2. The lowest BCUT2D eigenvalue weighted by molar-refractivity contribution is -0.141. The molecule has 0 spiro atoms. The molecule has 152 valence electrons. The number of ether oxygens (including phenoxy) is 1. The summed E-state index contributed by atoms with van der Waals surface area (Å²) >= 11 is 0. The number of benzene rings is 1. The van der Waals surface area contributed by atoms with Crippen LogP contribution in [-0.2, 0) is 19.4 Å². The number of aromatic amines is 1. The molecule has 0 aliphatic carbocycles. The topological polar surface area (TPSA) is 96.5 Å². The van der Waals surface area contributed by atoms with Crippen molar-refractivity contribution in [1.29, 1.82) is 0 Å². The predicted octanol–water partition coefficient (Wildman–Crippen LogP) is 2.37. The average Bonchev–Trinajstić information content (AvgIpc) is 3.14. The van der Waals surface area contributed by atoms with Gasteiger partial charge in [-0.15, -0.1) is 0 Å². The maximum Gasteiger partial charge on any atom is 0.338 e. The number of aryl methyl sites for hydroxylation is 2. The fraction of sp³-hybridized carbons (Fsp3) is 0.500. The minimum atomic E-state index is -3.10. The Morgan fingerprint density at radius 3 is 2.64 bits per heavy atom. The summed E-state index contributed by atoms with van der Waals surface area (Å²) in [5, 5.41) is 0.942. The fourth-order valence-corrected chi connectivity index (χ4v) is 5.45. The monoisotopic (exact) mass is 406 g/mol. The number of aromatic nitrogens is 1. The second-order valence-electron chi connectivity index (χ2n) is 7.36. The molecule has 1 aromatic carbocycles. The Morgan fingerprint density at radius 1 is 1.32 bits per heavy atom. The third-order valence-corrected chi connectivity index (χ3v) is 7.20. The van der Waals surface area contributed by atoms with Crippen LogP contribution in [0.4, 0.5) is 0 Å². The first kappa shape index (κ1) is 20.4. The van der Waals surface area contributed by atoms with E-state index >= 15 is 0 Å². The van der Waals surface area contributed by atoms with Crippen molar-refractivity contribution in [3.8, 4) is 0 Å². The Balaban J connectivity index is 1.72. The molecule has 28 heavy (non-hydrogen) atoms. The van der Waals surface area contributed by atoms with Crippen LogP contribution in [0.1, 0.15) is 41.9 Å². The summed E-state index contributed by atoms with van der Waals surface area (Å²) in [7, 11) is -3.10. The molecule has 3 rings (SSSR count). The molecule has 8 heteroatoms. The first-order valence-electron chi connectivity index (χ1n) is 9.43. The molecule has 2 heterocycles. The van der Waals surface area contributed by atoms with E-state index in [1.54, 1.807) is 19.1 Å². The molecule has 1 fully saturated rings. The summed E-state index contributed by atoms with van der Waals surface area (Å²) in [5.74, 6) is -0.884. The Kier molecular flexibility index (Phi) is 5.52. The molecule has 7 nitrogen and oxygen atoms in total. The van der Waals surface area contributed by atoms with E-state index in [1.807, 2.05) is 19.9 Å². The summed E-state index contributed by atoms with van der Waals surface area (Å²) in [5.41, 5.74) is 3.42. The number of rotatable bonds is 5. The van der Waals surface area contributed by atoms with Crippen LogP contribution in [0.3, 0.4) is 0 Å². The second-order valence-corrected chi connectivity index (χ2v) is 9.59. The molecular formula is C20H26N2O5S. The van der Waals surface area contributed by atoms with E-state index in [4.69, 9.17) is 4.74 Å². The summed E-state index contributed by atoms with van der Waals surface area (Å²) in [6.45, 7) is 7.63. The number of H-pyrrole nitrogens is 1. The van der Waals surface area contributed by atoms with Gasteiger partial charge < -0.3 is 14.6 Å². The first-order chi connectivity index (χ1) is 13.1. The number of likely N-dealkylation sites (N-methyl/N-ethyl adjacent to an activating group) is 1. The summed E-state index contributed by atoms with van der Waals surface area (Å²) < 4.78 is 28.9. The molecule has 1 aliphatic heterocycles. The molecule has 0 radical (unpaired) electrons. The van der Waals surface area contributed by atoms with Crippen molar-refractivity contribution in [2.24, 2.45) is 0 Å². The van der Waals surface area contributed by atoms with Gasteiger partial charge in [-0.2, -0.15) is 0 Å². The number of sulfone groups is 1. The van der Waals surface area contributed by atoms with E-state index < -0.39 is 21.9 Å². The predicted molar refractivity (Wildman–Crippen MR) is 107 cm³/mol. The number of nitrogens with zero attached hydrogens (tertiary/aromatic N) is 1. The molecule has 1 amide bonds. The van der Waals surface area contributed by atoms with E-state index in [9.17, 15) is 18.0 Å². The van der Waals surface area contributed by atoms with Gasteiger partial charge in [-0.1, -0.05) is 0 Å². The van der Waals surface area contributed by atoms with E-state index in [2.05, 4.69) is 4.98 Å². The van der Waals surface area contributed by atoms with Crippen LogP contribution in [0.5, 0.6) is 0 Å². The number of nitrogens with one attached hydrogen (secondary N) is 1. The van der Waals surface area contributed by atoms with Gasteiger partial charge >= 0.3 is 5.97 Å². The smallest absolute Gasteiger partial charge is 0.338 e. The Bertz CT molecular complexity index is 1020. The number of hydrogen-bond acceptors (Lipinski definition) is 5. The lowest BCUT2D eigenvalue weighted by Crippen LogP contribution is -2.46. The zero-order valence-corrected chi connectivity index (χ0v) is 17.4. The molecule has 0 saturated carbocycles. The molecule has 2 aromatic rings. The van der Waals surface area contributed by atoms with Crippen molar-refractivity contribution in [2.75, 3.05) is 18.1 Å². The van der Waals surface area contributed by atoms with Crippen molar-refractivity contribution >= 4 is 32.6 Å². The molecule has 1 aliphatic rings. The van der Waals surface area contributed by atoms with Crippen molar-refractivity contribution in [2.45, 2.75) is 46.3 Å². The van der Waals surface area contributed by atoms with Crippen LogP contribution in [0, 0.1) is 13.8 Å². The molecule has 0 bridgehead atoms. The number of fused-ring (bicyclic) bond motifs is 1. The number of carbonyl (C=O) groups is 2. The lowest BCUT2D eigenvalue weighted by atomic mass is 10.1. The van der Waals surface area contributed by atoms with Gasteiger partial charge in [-0.3, -0.25) is 4.79 Å². The first-order valence-corrected chi connectivity index (χ1v) is 11.3. The van der Waals surface area contributed by atoms with E-state index in [0.29, 0.717) is 18.5 Å². The van der Waals surface area contributed by atoms with Crippen LogP contribution in [0.15, 0.2) is 18.2 Å². The van der Waals surface area contributed by atoms with Gasteiger partial charge in [0.05, 0.1) is 17.1 Å². The maximum atomic E-state index is 12.8. The van der Waals surface area contributed by atoms with Crippen LogP contribution in [0.2, 0.25) is 0 Å². The summed E-state index contributed by atoms with van der Waals surface area (Å²) in [6.07, 6.45) is -0.564. The Labute approximate surface area is 165 Å². The van der Waals surface area contributed by atoms with Crippen molar-refractivity contribution < 1.29 is 22.7 Å². The SMILES string of the molecule is CCN(C(=O)[C@@H](C)OC(=O)c1ccc2[nH]c(C)c(C)c2c1)[C@H]1CCS(=O)(=O)C1. The zero-order chi connectivity index (χ0) is 20.6. The highest BCUT2D eigenvalue weighted by molar-refractivity contribution is 7.91. The third-order valence-electron chi connectivity index (χ3n) is 5.45. The summed E-state index contributed by atoms with van der Waals surface area (Å²) in [4.78, 5) is 30.1. The van der Waals surface area contributed by atoms with Crippen LogP contribution >= 0.6 is 0 Å². The summed E-state index contributed by atoms with van der Waals surface area (Å²) in [6, 6.07) is 4.89. The van der Waals surface area contributed by atoms with Gasteiger partial charge in [0.15, 0.2) is 15.9 Å².